The predicted octanol–water partition coefficient (Wildman–Crippen LogP) is 3.45. The number of carbonyl (C=O) groups excluding carboxylic acids is 1. The number of halogens is 1. The summed E-state index contributed by atoms with van der Waals surface area (Å²) in [4.78, 5) is 14.4. The first-order chi connectivity index (χ1) is 11.5. The fourth-order valence-electron chi connectivity index (χ4n) is 2.99. The molecule has 1 aliphatic rings. The summed E-state index contributed by atoms with van der Waals surface area (Å²) in [6.45, 7) is 0.658. The molecule has 1 heterocycles. The maximum Gasteiger partial charge on any atom is 0.255 e. The van der Waals surface area contributed by atoms with Crippen molar-refractivity contribution in [3.8, 4) is 0 Å². The van der Waals surface area contributed by atoms with Crippen LogP contribution in [0.1, 0.15) is 27.6 Å². The predicted molar refractivity (Wildman–Crippen MR) is 97.6 cm³/mol. The molecule has 1 atom stereocenters. The third kappa shape index (κ3) is 3.54. The third-order valence-electron chi connectivity index (χ3n) is 4.30. The first kappa shape index (κ1) is 17.2. The van der Waals surface area contributed by atoms with Crippen LogP contribution in [0, 0.1) is 0 Å². The standard InChI is InChI=1S/C18H18BrNO3S/c19-16-9-5-4-8-15(16)18(21)20-11-10-17(24(22,23)13-12-20)14-6-2-1-3-7-14/h1-9,17H,10-13H2/t17-/m1/s1. The molecule has 0 N–H and O–H groups in total. The van der Waals surface area contributed by atoms with Gasteiger partial charge in [0, 0.05) is 17.6 Å². The zero-order valence-electron chi connectivity index (χ0n) is 13.1. The lowest BCUT2D eigenvalue weighted by Crippen LogP contribution is -2.33. The Kier molecular flexibility index (Phi) is 5.06. The van der Waals surface area contributed by atoms with Gasteiger partial charge in [-0.15, -0.1) is 0 Å². The Balaban J connectivity index is 1.84. The molecule has 0 spiro atoms. The molecular formula is C18H18BrNO3S. The molecule has 1 fully saturated rings. The lowest BCUT2D eigenvalue weighted by molar-refractivity contribution is 0.0765. The maximum absolute atomic E-state index is 12.7. The largest absolute Gasteiger partial charge is 0.338 e. The van der Waals surface area contributed by atoms with Crippen molar-refractivity contribution in [3.05, 3.63) is 70.2 Å². The molecule has 2 aromatic carbocycles. The van der Waals surface area contributed by atoms with Crippen LogP contribution in [0.2, 0.25) is 0 Å². The van der Waals surface area contributed by atoms with Crippen LogP contribution >= 0.6 is 15.9 Å². The summed E-state index contributed by atoms with van der Waals surface area (Å²) in [5, 5.41) is -0.546. The minimum Gasteiger partial charge on any atom is -0.338 e. The van der Waals surface area contributed by atoms with Gasteiger partial charge in [-0.2, -0.15) is 0 Å². The van der Waals surface area contributed by atoms with Gasteiger partial charge in [-0.3, -0.25) is 4.79 Å². The van der Waals surface area contributed by atoms with Crippen LogP contribution in [0.25, 0.3) is 0 Å². The van der Waals surface area contributed by atoms with Gasteiger partial charge in [0.2, 0.25) is 0 Å². The molecule has 24 heavy (non-hydrogen) atoms. The number of hydrogen-bond donors (Lipinski definition) is 0. The summed E-state index contributed by atoms with van der Waals surface area (Å²) in [5.41, 5.74) is 1.36. The normalized spacial score (nSPS) is 20.4. The molecule has 1 amide bonds. The van der Waals surface area contributed by atoms with E-state index in [0.717, 1.165) is 10.0 Å². The second-order valence-corrected chi connectivity index (χ2v) is 8.98. The highest BCUT2D eigenvalue weighted by Crippen LogP contribution is 2.30. The first-order valence-electron chi connectivity index (χ1n) is 7.79. The maximum atomic E-state index is 12.7. The van der Waals surface area contributed by atoms with Gasteiger partial charge in [0.1, 0.15) is 0 Å². The van der Waals surface area contributed by atoms with Crippen molar-refractivity contribution in [2.45, 2.75) is 11.7 Å². The van der Waals surface area contributed by atoms with Gasteiger partial charge in [-0.05, 0) is 40.0 Å². The highest BCUT2D eigenvalue weighted by Gasteiger charge is 2.33. The van der Waals surface area contributed by atoms with Crippen LogP contribution in [0.15, 0.2) is 59.1 Å². The van der Waals surface area contributed by atoms with Crippen molar-refractivity contribution in [1.82, 2.24) is 4.90 Å². The Bertz CT molecular complexity index is 836. The molecule has 0 bridgehead atoms. The molecule has 0 radical (unpaired) electrons. The van der Waals surface area contributed by atoms with Gasteiger partial charge < -0.3 is 4.90 Å². The highest BCUT2D eigenvalue weighted by atomic mass is 79.9. The van der Waals surface area contributed by atoms with Gasteiger partial charge in [-0.1, -0.05) is 42.5 Å². The van der Waals surface area contributed by atoms with Crippen molar-refractivity contribution in [2.24, 2.45) is 0 Å². The summed E-state index contributed by atoms with van der Waals surface area (Å²) in [7, 11) is -3.28. The van der Waals surface area contributed by atoms with Crippen LogP contribution in [-0.2, 0) is 9.84 Å². The SMILES string of the molecule is O=C(c1ccccc1Br)N1CC[C@H](c2ccccc2)S(=O)(=O)CC1. The van der Waals surface area contributed by atoms with Crippen molar-refractivity contribution in [2.75, 3.05) is 18.8 Å². The van der Waals surface area contributed by atoms with Crippen molar-refractivity contribution >= 4 is 31.7 Å². The molecule has 2 aromatic rings. The fourth-order valence-corrected chi connectivity index (χ4v) is 5.24. The van der Waals surface area contributed by atoms with Crippen LogP contribution in [0.3, 0.4) is 0 Å². The van der Waals surface area contributed by atoms with E-state index < -0.39 is 15.1 Å². The van der Waals surface area contributed by atoms with Crippen LogP contribution in [0.4, 0.5) is 0 Å². The van der Waals surface area contributed by atoms with Gasteiger partial charge in [0.25, 0.3) is 5.91 Å². The molecule has 0 aromatic heterocycles. The Morgan fingerprint density at radius 1 is 1.00 bits per heavy atom. The van der Waals surface area contributed by atoms with Gasteiger partial charge in [-0.25, -0.2) is 8.42 Å². The number of rotatable bonds is 2. The third-order valence-corrected chi connectivity index (χ3v) is 7.12. The Morgan fingerprint density at radius 2 is 1.67 bits per heavy atom. The van der Waals surface area contributed by atoms with Gasteiger partial charge in [0.15, 0.2) is 9.84 Å². The summed E-state index contributed by atoms with van der Waals surface area (Å²) in [6.07, 6.45) is 0.419. The lowest BCUT2D eigenvalue weighted by atomic mass is 10.1. The molecule has 4 nitrogen and oxygen atoms in total. The molecule has 3 rings (SSSR count). The molecule has 0 aliphatic carbocycles. The smallest absolute Gasteiger partial charge is 0.255 e. The summed E-state index contributed by atoms with van der Waals surface area (Å²) in [6, 6.07) is 16.5. The molecule has 1 aliphatic heterocycles. The van der Waals surface area contributed by atoms with E-state index in [4.69, 9.17) is 0 Å². The van der Waals surface area contributed by atoms with Crippen LogP contribution in [-0.4, -0.2) is 38.1 Å². The molecule has 1 saturated heterocycles. The molecular weight excluding hydrogens is 390 g/mol. The average Bonchev–Trinajstić information content (AvgIpc) is 2.74. The van der Waals surface area contributed by atoms with E-state index in [-0.39, 0.29) is 18.2 Å². The molecule has 126 valence electrons. The van der Waals surface area contributed by atoms with E-state index in [2.05, 4.69) is 15.9 Å². The summed E-state index contributed by atoms with van der Waals surface area (Å²) >= 11 is 3.39. The Hall–Kier alpha value is -1.66. The highest BCUT2D eigenvalue weighted by molar-refractivity contribution is 9.10. The number of amides is 1. The quantitative estimate of drug-likeness (QED) is 0.765. The number of carbonyl (C=O) groups is 1. The van der Waals surface area contributed by atoms with E-state index >= 15 is 0 Å². The zero-order valence-corrected chi connectivity index (χ0v) is 15.5. The van der Waals surface area contributed by atoms with Gasteiger partial charge >= 0.3 is 0 Å². The van der Waals surface area contributed by atoms with Crippen molar-refractivity contribution in [1.29, 1.82) is 0 Å². The van der Waals surface area contributed by atoms with E-state index in [9.17, 15) is 13.2 Å². The van der Waals surface area contributed by atoms with Crippen molar-refractivity contribution < 1.29 is 13.2 Å². The topological polar surface area (TPSA) is 54.5 Å². The number of hydrogen-bond acceptors (Lipinski definition) is 3. The van der Waals surface area contributed by atoms with Crippen molar-refractivity contribution in [3.63, 3.8) is 0 Å². The lowest BCUT2D eigenvalue weighted by Gasteiger charge is -2.20. The first-order valence-corrected chi connectivity index (χ1v) is 10.3. The zero-order chi connectivity index (χ0) is 17.2. The minimum absolute atomic E-state index is 0.0112. The van der Waals surface area contributed by atoms with Gasteiger partial charge in [0.05, 0.1) is 16.6 Å². The van der Waals surface area contributed by atoms with E-state index in [0.29, 0.717) is 18.5 Å². The fraction of sp³-hybridized carbons (Fsp3) is 0.278. The van der Waals surface area contributed by atoms with E-state index in [1.165, 1.54) is 0 Å². The minimum atomic E-state index is -3.28. The number of nitrogens with zero attached hydrogens (tertiary/aromatic N) is 1. The summed E-state index contributed by atoms with van der Waals surface area (Å²) in [5.74, 6) is -0.144. The monoisotopic (exact) mass is 407 g/mol. The second kappa shape index (κ2) is 7.07. The van der Waals surface area contributed by atoms with Crippen LogP contribution < -0.4 is 0 Å². The average molecular weight is 408 g/mol. The Labute approximate surface area is 150 Å². The molecule has 0 saturated carbocycles. The molecule has 0 unspecified atom stereocenters. The molecule has 6 heteroatoms. The second-order valence-electron chi connectivity index (χ2n) is 5.83. The summed E-state index contributed by atoms with van der Waals surface area (Å²) < 4.78 is 26.0. The Morgan fingerprint density at radius 3 is 2.38 bits per heavy atom. The van der Waals surface area contributed by atoms with Crippen LogP contribution in [0.5, 0.6) is 0 Å². The van der Waals surface area contributed by atoms with E-state index in [1.54, 1.807) is 17.0 Å². The van der Waals surface area contributed by atoms with E-state index in [1.807, 2.05) is 42.5 Å². The number of sulfone groups is 1. The number of benzene rings is 2.